The second-order valence-electron chi connectivity index (χ2n) is 9.01. The average Bonchev–Trinajstić information content (AvgIpc) is 3.50. The van der Waals surface area contributed by atoms with Crippen LogP contribution < -0.4 is 33.0 Å². The van der Waals surface area contributed by atoms with Gasteiger partial charge in [0, 0.05) is 12.1 Å². The number of imide groups is 1. The van der Waals surface area contributed by atoms with Gasteiger partial charge in [-0.1, -0.05) is 18.2 Å². The zero-order valence-corrected chi connectivity index (χ0v) is 20.6. The van der Waals surface area contributed by atoms with Gasteiger partial charge in [-0.05, 0) is 42.3 Å². The Bertz CT molecular complexity index is 1220. The summed E-state index contributed by atoms with van der Waals surface area (Å²) in [5, 5.41) is 5.70. The molecule has 2 amide bonds. The highest BCUT2D eigenvalue weighted by atomic mass is 35.5. The highest BCUT2D eigenvalue weighted by Gasteiger charge is 2.61. The summed E-state index contributed by atoms with van der Waals surface area (Å²) in [6.45, 7) is 2.11. The van der Waals surface area contributed by atoms with Gasteiger partial charge in [0.15, 0.2) is 11.5 Å². The fraction of sp³-hybridized carbons (Fsp3) is 0.360. The zero-order valence-electron chi connectivity index (χ0n) is 19.8. The van der Waals surface area contributed by atoms with Crippen LogP contribution in [0.3, 0.4) is 0 Å². The Balaban J connectivity index is 0.00000304. The molecule has 3 aliphatic rings. The summed E-state index contributed by atoms with van der Waals surface area (Å²) in [5.74, 6) is -0.769. The molecule has 3 heterocycles. The minimum absolute atomic E-state index is 0. The summed E-state index contributed by atoms with van der Waals surface area (Å²) >= 11 is 0. The number of methoxy groups -OCH3 is 1. The number of hydrogen-bond donors (Lipinski definition) is 2. The lowest BCUT2D eigenvalue weighted by Crippen LogP contribution is -3.00. The zero-order chi connectivity index (χ0) is 24.9. The van der Waals surface area contributed by atoms with Crippen molar-refractivity contribution < 1.29 is 46.4 Å². The maximum Gasteiger partial charge on any atom is 0.319 e. The number of fused-ring (bicyclic) bond motifs is 2. The van der Waals surface area contributed by atoms with E-state index in [9.17, 15) is 14.4 Å². The van der Waals surface area contributed by atoms with E-state index in [1.807, 2.05) is 30.0 Å². The molecule has 4 atom stereocenters. The van der Waals surface area contributed by atoms with Crippen LogP contribution in [0.1, 0.15) is 29.7 Å². The van der Waals surface area contributed by atoms with Crippen LogP contribution in [-0.2, 0) is 25.7 Å². The van der Waals surface area contributed by atoms with Crippen molar-refractivity contribution in [2.24, 2.45) is 17.6 Å². The minimum atomic E-state index is -0.638. The van der Waals surface area contributed by atoms with Crippen LogP contribution in [0.15, 0.2) is 42.5 Å². The molecule has 0 spiro atoms. The molecule has 190 valence electrons. The van der Waals surface area contributed by atoms with Gasteiger partial charge in [-0.3, -0.25) is 35.3 Å². The Morgan fingerprint density at radius 1 is 1.08 bits per heavy atom. The van der Waals surface area contributed by atoms with Crippen LogP contribution in [0.25, 0.3) is 0 Å². The van der Waals surface area contributed by atoms with Crippen molar-refractivity contribution in [3.05, 3.63) is 59.2 Å². The van der Waals surface area contributed by atoms with Gasteiger partial charge in [-0.25, -0.2) is 0 Å². The lowest BCUT2D eigenvalue weighted by Gasteiger charge is -2.31. The molecule has 5 rings (SSSR count). The molecule has 0 bridgehead atoms. The van der Waals surface area contributed by atoms with Crippen molar-refractivity contribution in [3.8, 4) is 11.5 Å². The third-order valence-corrected chi connectivity index (χ3v) is 7.13. The van der Waals surface area contributed by atoms with Crippen molar-refractivity contribution in [3.63, 3.8) is 0 Å². The maximum atomic E-state index is 13.7. The molecule has 0 unspecified atom stereocenters. The van der Waals surface area contributed by atoms with Crippen LogP contribution in [0.4, 0.5) is 0 Å². The number of halogens is 1. The Labute approximate surface area is 214 Å². The van der Waals surface area contributed by atoms with E-state index >= 15 is 0 Å². The number of amides is 2. The van der Waals surface area contributed by atoms with Gasteiger partial charge in [-0.15, -0.1) is 0 Å². The molecule has 2 aromatic carbocycles. The fourth-order valence-corrected chi connectivity index (χ4v) is 5.38. The number of esters is 1. The number of ether oxygens (including phenoxy) is 3. The Kier molecular flexibility index (Phi) is 6.92. The number of amidine groups is 1. The van der Waals surface area contributed by atoms with Crippen LogP contribution in [0, 0.1) is 11.8 Å². The Morgan fingerprint density at radius 2 is 1.75 bits per heavy atom. The van der Waals surface area contributed by atoms with Crippen LogP contribution in [0.2, 0.25) is 0 Å². The molecule has 0 saturated carbocycles. The summed E-state index contributed by atoms with van der Waals surface area (Å²) < 4.78 is 15.7. The van der Waals surface area contributed by atoms with Crippen LogP contribution >= 0.6 is 0 Å². The third kappa shape index (κ3) is 4.16. The number of nitrogens with zero attached hydrogens (tertiary/aromatic N) is 2. The van der Waals surface area contributed by atoms with Gasteiger partial charge in [0.1, 0.15) is 0 Å². The molecule has 3 aliphatic heterocycles. The van der Waals surface area contributed by atoms with Gasteiger partial charge in [0.25, 0.3) is 5.84 Å². The highest BCUT2D eigenvalue weighted by molar-refractivity contribution is 6.06. The molecule has 2 saturated heterocycles. The van der Waals surface area contributed by atoms with E-state index in [2.05, 4.69) is 0 Å². The largest absolute Gasteiger partial charge is 1.00 e. The predicted octanol–water partition coefficient (Wildman–Crippen LogP) is -3.40. The van der Waals surface area contributed by atoms with Crippen molar-refractivity contribution in [2.75, 3.05) is 20.4 Å². The normalized spacial score (nSPS) is 24.4. The van der Waals surface area contributed by atoms with Gasteiger partial charge in [0.05, 0.1) is 37.6 Å². The number of carbonyl (C=O) groups excluding carboxylic acids is 3. The molecule has 10 nitrogen and oxygen atoms in total. The first-order valence-corrected chi connectivity index (χ1v) is 11.3. The van der Waals surface area contributed by atoms with E-state index in [4.69, 9.17) is 25.4 Å². The van der Waals surface area contributed by atoms with E-state index in [1.54, 1.807) is 24.3 Å². The van der Waals surface area contributed by atoms with Gasteiger partial charge < -0.3 is 26.6 Å². The smallest absolute Gasteiger partial charge is 0.319 e. The molecule has 2 aromatic rings. The summed E-state index contributed by atoms with van der Waals surface area (Å²) in [6, 6.07) is 11.7. The Morgan fingerprint density at radius 3 is 2.42 bits per heavy atom. The lowest BCUT2D eigenvalue weighted by atomic mass is 9.86. The minimum Gasteiger partial charge on any atom is -1.00 e. The monoisotopic (exact) mass is 514 g/mol. The number of nitrogens with two attached hydrogens (primary N) is 2. The first-order chi connectivity index (χ1) is 16.8. The van der Waals surface area contributed by atoms with Crippen molar-refractivity contribution >= 4 is 23.6 Å². The summed E-state index contributed by atoms with van der Waals surface area (Å²) in [7, 11) is 1.32. The second kappa shape index (κ2) is 9.79. The lowest BCUT2D eigenvalue weighted by molar-refractivity contribution is -0.146. The van der Waals surface area contributed by atoms with E-state index in [1.165, 1.54) is 12.0 Å². The van der Waals surface area contributed by atoms with Crippen molar-refractivity contribution in [1.82, 2.24) is 9.80 Å². The second-order valence-corrected chi connectivity index (χ2v) is 9.01. The molecule has 0 aliphatic carbocycles. The van der Waals surface area contributed by atoms with E-state index in [-0.39, 0.29) is 56.0 Å². The fourth-order valence-electron chi connectivity index (χ4n) is 5.38. The standard InChI is InChI=1S/C25H26N4O6.ClH/c1-13-20-21(22(28(13)11-19(30)33-2)15-4-6-16(7-5-15)23(26)27)25(32)29(24(20)31)10-14-3-8-17-18(9-14)35-12-34-17;/h3-9,13,20-22H,10-12H2,1-2H3,(H3,26,27);1H/t13-,20-,21-,22-;/m0./s1. The number of hydrogen-bond acceptors (Lipinski definition) is 7. The van der Waals surface area contributed by atoms with E-state index in [0.29, 0.717) is 17.1 Å². The molecular weight excluding hydrogens is 488 g/mol. The first-order valence-electron chi connectivity index (χ1n) is 11.3. The Hall–Kier alpha value is -3.63. The number of carbonyl (C=O) groups is 3. The maximum absolute atomic E-state index is 13.7. The van der Waals surface area contributed by atoms with Crippen LogP contribution in [0.5, 0.6) is 11.5 Å². The summed E-state index contributed by atoms with van der Waals surface area (Å²) in [6.07, 6.45) is 0. The first kappa shape index (κ1) is 25.5. The third-order valence-electron chi connectivity index (χ3n) is 7.13. The molecule has 2 fully saturated rings. The molecule has 0 radical (unpaired) electrons. The van der Waals surface area contributed by atoms with Crippen molar-refractivity contribution in [2.45, 2.75) is 25.6 Å². The molecular formula is C25H27ClN4O6. The van der Waals surface area contributed by atoms with E-state index in [0.717, 1.165) is 11.1 Å². The molecule has 36 heavy (non-hydrogen) atoms. The number of likely N-dealkylation sites (tertiary alicyclic amines) is 2. The van der Waals surface area contributed by atoms with Gasteiger partial charge in [-0.2, -0.15) is 0 Å². The predicted molar refractivity (Wildman–Crippen MR) is 123 cm³/mol. The van der Waals surface area contributed by atoms with Crippen molar-refractivity contribution in [1.29, 1.82) is 0 Å². The number of rotatable bonds is 6. The topological polar surface area (TPSA) is 137 Å². The molecule has 0 aromatic heterocycles. The van der Waals surface area contributed by atoms with Gasteiger partial charge >= 0.3 is 5.97 Å². The molecule has 11 heteroatoms. The quantitative estimate of drug-likeness (QED) is 0.176. The van der Waals surface area contributed by atoms with E-state index < -0.39 is 23.8 Å². The summed E-state index contributed by atoms with van der Waals surface area (Å²) in [5.41, 5.74) is 7.93. The molecule has 4 N–H and O–H groups in total. The van der Waals surface area contributed by atoms with Crippen LogP contribution in [-0.4, -0.2) is 59.9 Å². The van der Waals surface area contributed by atoms with Gasteiger partial charge in [0.2, 0.25) is 18.6 Å². The average molecular weight is 515 g/mol. The number of benzene rings is 2. The SMILES string of the molecule is COC(=O)CN1[C@@H](C)[C@@H]2C(=O)N(Cc3ccc4c(c3)OCO4)C(=O)[C@@H]2[C@@H]1c1ccc(C(N)=[NH2+])cc1.[Cl-]. The summed E-state index contributed by atoms with van der Waals surface area (Å²) in [4.78, 5) is 42.6. The highest BCUT2D eigenvalue weighted by Crippen LogP contribution is 2.50.